The van der Waals surface area contributed by atoms with Gasteiger partial charge in [-0.1, -0.05) is 41.5 Å². The second-order valence-electron chi connectivity index (χ2n) is 21.1. The van der Waals surface area contributed by atoms with Crippen molar-refractivity contribution in [2.75, 3.05) is 0 Å². The first-order valence-electron chi connectivity index (χ1n) is 23.5. The number of nitrogens with one attached hydrogen (secondary N) is 1. The number of carbonyl (C=O) groups is 2. The maximum Gasteiger partial charge on any atom is 0.338 e. The quantitative estimate of drug-likeness (QED) is 0.117. The third kappa shape index (κ3) is 10.7. The largest absolute Gasteiger partial charge is 0.478 e. The summed E-state index contributed by atoms with van der Waals surface area (Å²) in [7, 11) is -8.16. The summed E-state index contributed by atoms with van der Waals surface area (Å²) < 4.78 is 113. The van der Waals surface area contributed by atoms with Gasteiger partial charge in [0.25, 0.3) is 26.0 Å². The number of fused-ring (bicyclic) bond motifs is 2. The summed E-state index contributed by atoms with van der Waals surface area (Å²) in [6, 6.07) is 9.40. The highest BCUT2D eigenvalue weighted by Gasteiger charge is 2.38. The fraction of sp³-hybridized carbons (Fsp3) is 0.542. The van der Waals surface area contributed by atoms with Crippen molar-refractivity contribution in [1.82, 2.24) is 42.8 Å². The van der Waals surface area contributed by atoms with Crippen molar-refractivity contribution in [3.8, 4) is 0 Å². The molecule has 3 saturated carbocycles. The number of nitrogens with zero attached hydrogens (tertiary/aromatic N) is 8. The van der Waals surface area contributed by atoms with Crippen LogP contribution in [0.25, 0.3) is 22.1 Å². The number of aromatic carboxylic acids is 1. The third-order valence-corrected chi connectivity index (χ3v) is 16.6. The number of halogens is 4. The summed E-state index contributed by atoms with van der Waals surface area (Å²) in [4.78, 5) is 32.9. The predicted molar refractivity (Wildman–Crippen MR) is 252 cm³/mol. The molecule has 2 aromatic carbocycles. The zero-order valence-electron chi connectivity index (χ0n) is 40.0. The minimum absolute atomic E-state index is 0.0106. The second-order valence-corrected chi connectivity index (χ2v) is 24.7. The van der Waals surface area contributed by atoms with Crippen LogP contribution in [-0.2, 0) is 44.0 Å². The lowest BCUT2D eigenvalue weighted by Gasteiger charge is -2.30. The van der Waals surface area contributed by atoms with E-state index in [4.69, 9.17) is 15.1 Å². The zero-order valence-corrected chi connectivity index (χ0v) is 41.6. The van der Waals surface area contributed by atoms with Crippen LogP contribution in [0.2, 0.25) is 0 Å². The molecular formula is C48H59F4N9O7S2. The van der Waals surface area contributed by atoms with Crippen LogP contribution in [0, 0.1) is 11.8 Å². The van der Waals surface area contributed by atoms with Crippen molar-refractivity contribution in [1.29, 1.82) is 0 Å². The van der Waals surface area contributed by atoms with E-state index in [2.05, 4.69) is 20.1 Å². The fourth-order valence-corrected chi connectivity index (χ4v) is 11.6. The highest BCUT2D eigenvalue weighted by molar-refractivity contribution is 7.90. The molecule has 4 heterocycles. The van der Waals surface area contributed by atoms with E-state index in [1.165, 1.54) is 36.7 Å². The smallest absolute Gasteiger partial charge is 0.338 e. The third-order valence-electron chi connectivity index (χ3n) is 13.5. The molecular weight excluding hydrogens is 955 g/mol. The molecule has 4 aromatic heterocycles. The molecule has 3 aliphatic carbocycles. The van der Waals surface area contributed by atoms with Gasteiger partial charge in [0.1, 0.15) is 11.6 Å². The average molecular weight is 1010 g/mol. The van der Waals surface area contributed by atoms with Gasteiger partial charge in [0.15, 0.2) is 0 Å². The number of aromatic nitrogens is 8. The summed E-state index contributed by atoms with van der Waals surface area (Å²) in [6.07, 6.45) is 8.59. The summed E-state index contributed by atoms with van der Waals surface area (Å²) >= 11 is 0. The summed E-state index contributed by atoms with van der Waals surface area (Å²) in [5.74, 6) is -5.08. The number of benzene rings is 2. The van der Waals surface area contributed by atoms with Crippen LogP contribution in [0.15, 0.2) is 71.0 Å². The highest BCUT2D eigenvalue weighted by Crippen LogP contribution is 2.40. The van der Waals surface area contributed by atoms with E-state index in [0.29, 0.717) is 53.9 Å². The van der Waals surface area contributed by atoms with Crippen LogP contribution in [0.3, 0.4) is 0 Å². The van der Waals surface area contributed by atoms with Crippen molar-refractivity contribution in [3.63, 3.8) is 0 Å². The van der Waals surface area contributed by atoms with Gasteiger partial charge in [-0.3, -0.25) is 4.79 Å². The van der Waals surface area contributed by atoms with E-state index in [1.807, 2.05) is 46.1 Å². The van der Waals surface area contributed by atoms with Crippen LogP contribution in [0.4, 0.5) is 17.6 Å². The molecule has 2 N–H and O–H groups in total. The minimum atomic E-state index is -4.11. The Hall–Kier alpha value is -5.64. The first kappa shape index (κ1) is 50.7. The molecule has 70 heavy (non-hydrogen) atoms. The molecule has 22 heteroatoms. The monoisotopic (exact) mass is 1010 g/mol. The maximum atomic E-state index is 13.7. The number of amides is 1. The summed E-state index contributed by atoms with van der Waals surface area (Å²) in [6.45, 7) is 13.2. The van der Waals surface area contributed by atoms with Gasteiger partial charge in [0.2, 0.25) is 11.8 Å². The van der Waals surface area contributed by atoms with E-state index in [-0.39, 0.29) is 81.2 Å². The Morgan fingerprint density at radius 3 is 1.41 bits per heavy atom. The maximum absolute atomic E-state index is 13.7. The Morgan fingerprint density at radius 2 is 1.06 bits per heavy atom. The Morgan fingerprint density at radius 1 is 0.657 bits per heavy atom. The van der Waals surface area contributed by atoms with Crippen molar-refractivity contribution >= 4 is 54.0 Å². The van der Waals surface area contributed by atoms with Gasteiger partial charge in [0.05, 0.1) is 67.8 Å². The van der Waals surface area contributed by atoms with Crippen LogP contribution in [-0.4, -0.2) is 89.2 Å². The van der Waals surface area contributed by atoms with Crippen molar-refractivity contribution < 1.29 is 49.1 Å². The van der Waals surface area contributed by atoms with Crippen molar-refractivity contribution in [2.24, 2.45) is 11.8 Å². The first-order valence-corrected chi connectivity index (χ1v) is 26.4. The van der Waals surface area contributed by atoms with Gasteiger partial charge < -0.3 is 19.6 Å². The standard InChI is InChI=1S/C26H33F2N5O3S.C22H26F2N4O4S/c1-25(2,3)24-31-21-13-20(7-8-22(21)32(24)15-17-9-11-26(27,28)12-10-17)37(35,36)33-16-18(14-29-33)23(34)30-19-5-4-6-19;1-21(2,3)20-26-17-10-16(33(31,32)28-13-15(11-25-28)19(29)30)4-5-18(17)27(20)12-14-6-8-22(23,24)9-7-14/h7-8,13-14,16-17,19H,4-6,9-12,15H2,1-3H3,(H,30,34);4-5,10-11,13-14H,6-9,12H2,1-3H3,(H,29,30). The minimum Gasteiger partial charge on any atom is -0.478 e. The Bertz CT molecular complexity index is 3160. The number of carboxylic acid groups (broad SMARTS) is 1. The Labute approximate surface area is 404 Å². The lowest BCUT2D eigenvalue weighted by atomic mass is 9.86. The molecule has 378 valence electrons. The summed E-state index contributed by atoms with van der Waals surface area (Å²) in [5.41, 5.74) is 1.74. The molecule has 3 fully saturated rings. The highest BCUT2D eigenvalue weighted by atomic mass is 32.2. The lowest BCUT2D eigenvalue weighted by molar-refractivity contribution is -0.0478. The number of hydrogen-bond donors (Lipinski definition) is 2. The van der Waals surface area contributed by atoms with E-state index < -0.39 is 37.9 Å². The number of carbonyl (C=O) groups excluding carboxylic acids is 1. The molecule has 0 saturated heterocycles. The van der Waals surface area contributed by atoms with Crippen molar-refractivity contribution in [2.45, 2.75) is 164 Å². The molecule has 0 bridgehead atoms. The van der Waals surface area contributed by atoms with Crippen LogP contribution in [0.1, 0.15) is 145 Å². The van der Waals surface area contributed by atoms with Crippen LogP contribution < -0.4 is 5.32 Å². The van der Waals surface area contributed by atoms with Gasteiger partial charge >= 0.3 is 5.97 Å². The molecule has 1 amide bonds. The molecule has 0 unspecified atom stereocenters. The number of alkyl halides is 4. The summed E-state index contributed by atoms with van der Waals surface area (Å²) in [5, 5.41) is 19.6. The number of rotatable bonds is 11. The van der Waals surface area contributed by atoms with Crippen LogP contribution in [0.5, 0.6) is 0 Å². The van der Waals surface area contributed by atoms with E-state index in [0.717, 1.165) is 58.4 Å². The SMILES string of the molecule is CC(C)(C)c1nc2cc(S(=O)(=O)n3cc(C(=O)NC4CCC4)cn3)ccc2n1CC1CCC(F)(F)CC1.CC(C)(C)c1nc2cc(S(=O)(=O)n3cc(C(=O)O)cn3)ccc2n1CC1CCC(F)(F)CC1. The molecule has 0 radical (unpaired) electrons. The molecule has 0 atom stereocenters. The van der Waals surface area contributed by atoms with E-state index >= 15 is 0 Å². The number of hydrogen-bond acceptors (Lipinski definition) is 10. The molecule has 9 rings (SSSR count). The van der Waals surface area contributed by atoms with Crippen molar-refractivity contribution in [3.05, 3.63) is 84.0 Å². The Balaban J connectivity index is 0.000000190. The van der Waals surface area contributed by atoms with E-state index in [1.54, 1.807) is 12.1 Å². The Kier molecular flexibility index (Phi) is 13.4. The topological polar surface area (TPSA) is 206 Å². The molecule has 3 aliphatic rings. The first-order chi connectivity index (χ1) is 32.6. The predicted octanol–water partition coefficient (Wildman–Crippen LogP) is 9.17. The van der Waals surface area contributed by atoms with Gasteiger partial charge in [-0.2, -0.15) is 35.2 Å². The van der Waals surface area contributed by atoms with E-state index in [9.17, 15) is 44.0 Å². The molecule has 6 aromatic rings. The van der Waals surface area contributed by atoms with Gasteiger partial charge in [0, 0.05) is 55.6 Å². The number of imidazole rings is 2. The second kappa shape index (κ2) is 18.5. The van der Waals surface area contributed by atoms with Gasteiger partial charge in [-0.25, -0.2) is 32.3 Å². The molecule has 0 spiro atoms. The normalized spacial score (nSPS) is 18.4. The fourth-order valence-electron chi connectivity index (χ4n) is 9.27. The van der Waals surface area contributed by atoms with Gasteiger partial charge in [-0.05, 0) is 93.2 Å². The van der Waals surface area contributed by atoms with Crippen LogP contribution >= 0.6 is 0 Å². The lowest BCUT2D eigenvalue weighted by Crippen LogP contribution is -2.39. The zero-order chi connectivity index (χ0) is 50.8. The average Bonchev–Trinajstić information content (AvgIpc) is 4.09. The molecule has 0 aliphatic heterocycles. The number of carboxylic acids is 1. The molecule has 16 nitrogen and oxygen atoms in total. The van der Waals surface area contributed by atoms with Gasteiger partial charge in [-0.15, -0.1) is 0 Å².